The highest BCUT2D eigenvalue weighted by molar-refractivity contribution is 6.17. The van der Waals surface area contributed by atoms with E-state index in [0.717, 1.165) is 0 Å². The number of fused-ring (bicyclic) bond motifs is 8. The molecule has 150 valence electrons. The Balaban J connectivity index is 0.000000126. The molecule has 0 heterocycles. The number of hydrogen-bond acceptors (Lipinski definition) is 0. The Morgan fingerprint density at radius 3 is 0.781 bits per heavy atom. The molecule has 0 fully saturated rings. The van der Waals surface area contributed by atoms with Crippen LogP contribution in [0.3, 0.4) is 0 Å². The molecule has 7 rings (SSSR count). The van der Waals surface area contributed by atoms with Gasteiger partial charge in [0.1, 0.15) is 0 Å². The second-order valence-electron chi connectivity index (χ2n) is 8.18. The van der Waals surface area contributed by atoms with Gasteiger partial charge in [-0.3, -0.25) is 0 Å². The van der Waals surface area contributed by atoms with E-state index >= 15 is 0 Å². The first-order chi connectivity index (χ1) is 15.9. The van der Waals surface area contributed by atoms with Crippen LogP contribution in [0.25, 0.3) is 53.9 Å². The minimum absolute atomic E-state index is 1.31. The van der Waals surface area contributed by atoms with Crippen LogP contribution in [0.4, 0.5) is 0 Å². The summed E-state index contributed by atoms with van der Waals surface area (Å²) in [5.74, 6) is 0. The highest BCUT2D eigenvalue weighted by Crippen LogP contribution is 2.31. The minimum Gasteiger partial charge on any atom is -0.0616 e. The fourth-order valence-electron chi connectivity index (χ4n) is 4.73. The molecule has 0 aliphatic carbocycles. The second kappa shape index (κ2) is 7.83. The van der Waals surface area contributed by atoms with Crippen LogP contribution in [-0.2, 0) is 0 Å². The van der Waals surface area contributed by atoms with Crippen LogP contribution in [0, 0.1) is 0 Å². The molecule has 0 aliphatic heterocycles. The summed E-state index contributed by atoms with van der Waals surface area (Å²) in [6.07, 6.45) is 0. The van der Waals surface area contributed by atoms with Crippen molar-refractivity contribution < 1.29 is 0 Å². The molecule has 7 aromatic carbocycles. The molecule has 0 radical (unpaired) electrons. The monoisotopic (exact) mass is 406 g/mol. The quantitative estimate of drug-likeness (QED) is 0.220. The molecule has 0 atom stereocenters. The Kier molecular flexibility index (Phi) is 4.55. The Morgan fingerprint density at radius 1 is 0.188 bits per heavy atom. The van der Waals surface area contributed by atoms with Crippen molar-refractivity contribution in [2.45, 2.75) is 0 Å². The molecule has 0 aliphatic rings. The normalized spacial score (nSPS) is 11.1. The van der Waals surface area contributed by atoms with Crippen molar-refractivity contribution in [1.82, 2.24) is 0 Å². The summed E-state index contributed by atoms with van der Waals surface area (Å²) in [5.41, 5.74) is 0. The number of hydrogen-bond donors (Lipinski definition) is 0. The molecule has 32 heavy (non-hydrogen) atoms. The van der Waals surface area contributed by atoms with Gasteiger partial charge in [0.25, 0.3) is 0 Å². The van der Waals surface area contributed by atoms with E-state index in [-0.39, 0.29) is 0 Å². The maximum Gasteiger partial charge on any atom is -0.00990 e. The average Bonchev–Trinajstić information content (AvgIpc) is 2.88. The first-order valence-electron chi connectivity index (χ1n) is 11.0. The highest BCUT2D eigenvalue weighted by atomic mass is 14.1. The maximum absolute atomic E-state index is 2.24. The van der Waals surface area contributed by atoms with Crippen LogP contribution < -0.4 is 0 Å². The van der Waals surface area contributed by atoms with Crippen LogP contribution in [0.15, 0.2) is 133 Å². The van der Waals surface area contributed by atoms with E-state index in [0.29, 0.717) is 0 Å². The summed E-state index contributed by atoms with van der Waals surface area (Å²) in [5, 5.41) is 13.3. The predicted molar refractivity (Wildman–Crippen MR) is 140 cm³/mol. The summed E-state index contributed by atoms with van der Waals surface area (Å²) >= 11 is 0. The van der Waals surface area contributed by atoms with Crippen LogP contribution >= 0.6 is 0 Å². The van der Waals surface area contributed by atoms with Crippen molar-refractivity contribution >= 4 is 53.9 Å². The van der Waals surface area contributed by atoms with Crippen molar-refractivity contribution in [3.05, 3.63) is 133 Å². The molecule has 0 spiro atoms. The molecule has 0 N–H and O–H groups in total. The molecule has 0 nitrogen and oxygen atoms in total. The first-order valence-corrected chi connectivity index (χ1v) is 11.0. The number of benzene rings is 7. The molecule has 0 amide bonds. The molecular weight excluding hydrogens is 384 g/mol. The third kappa shape index (κ3) is 3.18. The third-order valence-corrected chi connectivity index (χ3v) is 6.31. The summed E-state index contributed by atoms with van der Waals surface area (Å²) < 4.78 is 0. The SMILES string of the molecule is c1ccc2c(c1)ccc1c3ccccc3ccc21.c1ccc2c(c1)ccc1ccccc12. The van der Waals surface area contributed by atoms with Gasteiger partial charge in [0, 0.05) is 0 Å². The van der Waals surface area contributed by atoms with E-state index in [4.69, 9.17) is 0 Å². The van der Waals surface area contributed by atoms with E-state index in [2.05, 4.69) is 133 Å². The first kappa shape index (κ1) is 18.6. The topological polar surface area (TPSA) is 0 Å². The Hall–Kier alpha value is -4.16. The number of rotatable bonds is 0. The smallest absolute Gasteiger partial charge is 0.00990 e. The Labute approximate surface area is 187 Å². The summed E-state index contributed by atoms with van der Waals surface area (Å²) in [4.78, 5) is 0. The molecule has 0 saturated carbocycles. The van der Waals surface area contributed by atoms with Gasteiger partial charge < -0.3 is 0 Å². The standard InChI is InChI=1S/C18H12.C14H10/c1-3-7-15-13(5-1)9-11-18-16-8-4-2-6-14(16)10-12-17(15)18;1-3-7-13-11(5-1)9-10-12-6-2-4-8-14(12)13/h1-12H;1-10H. The van der Waals surface area contributed by atoms with Crippen molar-refractivity contribution in [3.8, 4) is 0 Å². The molecule has 0 saturated heterocycles. The molecule has 0 aromatic heterocycles. The molecule has 0 bridgehead atoms. The molecule has 0 unspecified atom stereocenters. The van der Waals surface area contributed by atoms with Crippen molar-refractivity contribution in [1.29, 1.82) is 0 Å². The van der Waals surface area contributed by atoms with Gasteiger partial charge in [0.15, 0.2) is 0 Å². The van der Waals surface area contributed by atoms with Crippen LogP contribution in [0.5, 0.6) is 0 Å². The predicted octanol–water partition coefficient (Wildman–Crippen LogP) is 9.14. The van der Waals surface area contributed by atoms with Crippen LogP contribution in [-0.4, -0.2) is 0 Å². The lowest BCUT2D eigenvalue weighted by Gasteiger charge is -2.07. The van der Waals surface area contributed by atoms with Crippen molar-refractivity contribution in [3.63, 3.8) is 0 Å². The lowest BCUT2D eigenvalue weighted by Crippen LogP contribution is -1.79. The summed E-state index contributed by atoms with van der Waals surface area (Å²) in [7, 11) is 0. The summed E-state index contributed by atoms with van der Waals surface area (Å²) in [6.45, 7) is 0. The van der Waals surface area contributed by atoms with E-state index in [9.17, 15) is 0 Å². The van der Waals surface area contributed by atoms with Gasteiger partial charge in [-0.25, -0.2) is 0 Å². The zero-order valence-electron chi connectivity index (χ0n) is 17.7. The maximum atomic E-state index is 2.24. The Morgan fingerprint density at radius 2 is 0.438 bits per heavy atom. The van der Waals surface area contributed by atoms with Gasteiger partial charge >= 0.3 is 0 Å². The van der Waals surface area contributed by atoms with Gasteiger partial charge in [-0.1, -0.05) is 133 Å². The van der Waals surface area contributed by atoms with Crippen LogP contribution in [0.1, 0.15) is 0 Å². The zero-order chi connectivity index (χ0) is 21.3. The fraction of sp³-hybridized carbons (Fsp3) is 0. The highest BCUT2D eigenvalue weighted by Gasteiger charge is 2.03. The minimum atomic E-state index is 1.31. The fourth-order valence-corrected chi connectivity index (χ4v) is 4.73. The van der Waals surface area contributed by atoms with Gasteiger partial charge in [-0.05, 0) is 53.9 Å². The van der Waals surface area contributed by atoms with Crippen molar-refractivity contribution in [2.75, 3.05) is 0 Å². The van der Waals surface area contributed by atoms with E-state index in [1.54, 1.807) is 0 Å². The van der Waals surface area contributed by atoms with Gasteiger partial charge in [-0.2, -0.15) is 0 Å². The second-order valence-corrected chi connectivity index (χ2v) is 8.18. The van der Waals surface area contributed by atoms with E-state index in [1.807, 2.05) is 0 Å². The zero-order valence-corrected chi connectivity index (χ0v) is 17.7. The largest absolute Gasteiger partial charge is 0.0616 e. The van der Waals surface area contributed by atoms with E-state index in [1.165, 1.54) is 53.9 Å². The third-order valence-electron chi connectivity index (χ3n) is 6.31. The van der Waals surface area contributed by atoms with Crippen LogP contribution in [0.2, 0.25) is 0 Å². The van der Waals surface area contributed by atoms with Crippen molar-refractivity contribution in [2.24, 2.45) is 0 Å². The molecule has 0 heteroatoms. The lowest BCUT2D eigenvalue weighted by atomic mass is 9.97. The lowest BCUT2D eigenvalue weighted by molar-refractivity contribution is 1.76. The Bertz CT molecular complexity index is 1590. The molecular formula is C32H22. The van der Waals surface area contributed by atoms with Gasteiger partial charge in [0.2, 0.25) is 0 Å². The van der Waals surface area contributed by atoms with E-state index < -0.39 is 0 Å². The average molecular weight is 407 g/mol. The molecule has 7 aromatic rings. The van der Waals surface area contributed by atoms with Gasteiger partial charge in [-0.15, -0.1) is 0 Å². The van der Waals surface area contributed by atoms with Gasteiger partial charge in [0.05, 0.1) is 0 Å². The summed E-state index contributed by atoms with van der Waals surface area (Å²) in [6, 6.07) is 47.4.